The minimum absolute atomic E-state index is 0.199. The first-order chi connectivity index (χ1) is 13.3. The maximum Gasteiger partial charge on any atom is 0.333 e. The average molecular weight is 424 g/mol. The molecule has 1 heterocycles. The van der Waals surface area contributed by atoms with Crippen LogP contribution in [0.25, 0.3) is 0 Å². The summed E-state index contributed by atoms with van der Waals surface area (Å²) in [5.41, 5.74) is 3.86. The van der Waals surface area contributed by atoms with Gasteiger partial charge in [0.1, 0.15) is 0 Å². The first kappa shape index (κ1) is 23.7. The molecule has 164 valence electrons. The summed E-state index contributed by atoms with van der Waals surface area (Å²) in [6.45, 7) is 17.4. The number of rotatable bonds is 5. The van der Waals surface area contributed by atoms with Crippen LogP contribution in [0.5, 0.6) is 0 Å². The summed E-state index contributed by atoms with van der Waals surface area (Å²) in [7, 11) is -3.89. The van der Waals surface area contributed by atoms with Crippen molar-refractivity contribution in [3.63, 3.8) is 0 Å². The number of carbonyl (C=O) groups excluding carboxylic acids is 1. The minimum Gasteiger partial charge on any atom is -0.307 e. The van der Waals surface area contributed by atoms with Crippen molar-refractivity contribution in [2.45, 2.75) is 67.2 Å². The van der Waals surface area contributed by atoms with Crippen molar-refractivity contribution in [1.82, 2.24) is 9.03 Å². The lowest BCUT2D eigenvalue weighted by Gasteiger charge is -2.38. The third-order valence-electron chi connectivity index (χ3n) is 6.17. The summed E-state index contributed by atoms with van der Waals surface area (Å²) in [4.78, 5) is 12.7. The fourth-order valence-corrected chi connectivity index (χ4v) is 5.30. The molecular weight excluding hydrogens is 386 g/mol. The number of anilines is 1. The molecule has 0 aliphatic carbocycles. The van der Waals surface area contributed by atoms with Crippen molar-refractivity contribution in [3.8, 4) is 0 Å². The van der Waals surface area contributed by atoms with Gasteiger partial charge >= 0.3 is 16.2 Å². The molecule has 2 atom stereocenters. The Bertz CT molecular complexity index is 808. The lowest BCUT2D eigenvalue weighted by Crippen LogP contribution is -2.52. The predicted octanol–water partition coefficient (Wildman–Crippen LogP) is 4.83. The molecule has 1 aromatic rings. The smallest absolute Gasteiger partial charge is 0.307 e. The summed E-state index contributed by atoms with van der Waals surface area (Å²) in [5, 5.41) is 2.84. The van der Waals surface area contributed by atoms with Crippen molar-refractivity contribution in [3.05, 3.63) is 28.8 Å². The average Bonchev–Trinajstić information content (AvgIpc) is 2.59. The van der Waals surface area contributed by atoms with Crippen molar-refractivity contribution in [2.24, 2.45) is 17.8 Å². The number of urea groups is 1. The minimum atomic E-state index is -3.89. The van der Waals surface area contributed by atoms with Gasteiger partial charge in [0, 0.05) is 18.8 Å². The molecule has 1 saturated heterocycles. The summed E-state index contributed by atoms with van der Waals surface area (Å²) in [6.07, 6.45) is 0. The summed E-state index contributed by atoms with van der Waals surface area (Å²) < 4.78 is 29.3. The van der Waals surface area contributed by atoms with E-state index in [2.05, 4.69) is 70.6 Å². The molecule has 1 aliphatic heterocycles. The van der Waals surface area contributed by atoms with Gasteiger partial charge in [0.25, 0.3) is 0 Å². The van der Waals surface area contributed by atoms with Crippen LogP contribution in [-0.4, -0.2) is 31.8 Å². The van der Waals surface area contributed by atoms with Crippen molar-refractivity contribution in [2.75, 3.05) is 18.4 Å². The number of hydrogen-bond donors (Lipinski definition) is 2. The lowest BCUT2D eigenvalue weighted by molar-refractivity contribution is 0.147. The third-order valence-corrected chi connectivity index (χ3v) is 7.59. The Hall–Kier alpha value is -1.60. The van der Waals surface area contributed by atoms with E-state index in [9.17, 15) is 13.2 Å². The standard InChI is InChI=1S/C22H37N3O3S/c1-13(2)19-9-15(5)10-20(14(3)4)21(19)23-22(26)24-29(27,28)25-11-16(6)18(8)17(7)12-25/h9-10,13-14,16-18H,11-12H2,1-8H3,(H2,23,24,26). The van der Waals surface area contributed by atoms with Crippen LogP contribution in [0, 0.1) is 24.7 Å². The monoisotopic (exact) mass is 423 g/mol. The number of carbonyl (C=O) groups is 1. The number of hydrogen-bond acceptors (Lipinski definition) is 3. The lowest BCUT2D eigenvalue weighted by atomic mass is 9.82. The quantitative estimate of drug-likeness (QED) is 0.712. The Balaban J connectivity index is 2.25. The third kappa shape index (κ3) is 5.51. The Morgan fingerprint density at radius 2 is 1.45 bits per heavy atom. The molecule has 1 aliphatic rings. The topological polar surface area (TPSA) is 78.5 Å². The van der Waals surface area contributed by atoms with Gasteiger partial charge in [0.15, 0.2) is 0 Å². The molecule has 6 nitrogen and oxygen atoms in total. The van der Waals surface area contributed by atoms with Crippen LogP contribution < -0.4 is 10.0 Å². The predicted molar refractivity (Wildman–Crippen MR) is 119 cm³/mol. The number of piperidine rings is 1. The van der Waals surface area contributed by atoms with Gasteiger partial charge in [0.2, 0.25) is 0 Å². The fraction of sp³-hybridized carbons (Fsp3) is 0.682. The number of amides is 2. The van der Waals surface area contributed by atoms with Crippen LogP contribution in [0.2, 0.25) is 0 Å². The Morgan fingerprint density at radius 1 is 1.00 bits per heavy atom. The van der Waals surface area contributed by atoms with Crippen molar-refractivity contribution in [1.29, 1.82) is 0 Å². The number of nitrogens with one attached hydrogen (secondary N) is 2. The highest BCUT2D eigenvalue weighted by Crippen LogP contribution is 2.34. The van der Waals surface area contributed by atoms with E-state index in [1.165, 1.54) is 4.31 Å². The van der Waals surface area contributed by atoms with Crippen LogP contribution in [0.1, 0.15) is 77.0 Å². The molecule has 2 unspecified atom stereocenters. The molecule has 1 fully saturated rings. The summed E-state index contributed by atoms with van der Waals surface area (Å²) in [5.74, 6) is 1.34. The Kier molecular flexibility index (Phi) is 7.38. The SMILES string of the molecule is Cc1cc(C(C)C)c(NC(=O)NS(=O)(=O)N2CC(C)C(C)C(C)C2)c(C(C)C)c1. The van der Waals surface area contributed by atoms with E-state index in [-0.39, 0.29) is 23.7 Å². The van der Waals surface area contributed by atoms with Crippen molar-refractivity contribution >= 4 is 21.9 Å². The zero-order chi connectivity index (χ0) is 22.1. The van der Waals surface area contributed by atoms with Crippen LogP contribution in [0.3, 0.4) is 0 Å². The van der Waals surface area contributed by atoms with Crippen molar-refractivity contribution < 1.29 is 13.2 Å². The molecule has 0 spiro atoms. The highest BCUT2D eigenvalue weighted by atomic mass is 32.2. The van der Waals surface area contributed by atoms with E-state index in [0.29, 0.717) is 24.7 Å². The second kappa shape index (κ2) is 9.04. The number of aryl methyl sites for hydroxylation is 1. The van der Waals surface area contributed by atoms with Gasteiger partial charge in [0.05, 0.1) is 0 Å². The van der Waals surface area contributed by atoms with E-state index in [1.54, 1.807) is 0 Å². The molecule has 2 N–H and O–H groups in total. The maximum atomic E-state index is 12.8. The molecule has 0 bridgehead atoms. The van der Waals surface area contributed by atoms with Gasteiger partial charge in [-0.2, -0.15) is 12.7 Å². The van der Waals surface area contributed by atoms with Gasteiger partial charge in [-0.3, -0.25) is 0 Å². The van der Waals surface area contributed by atoms with Gasteiger partial charge in [-0.1, -0.05) is 66.2 Å². The Morgan fingerprint density at radius 3 is 1.86 bits per heavy atom. The second-order valence-corrected chi connectivity index (χ2v) is 11.0. The normalized spacial score (nSPS) is 23.4. The first-order valence-electron chi connectivity index (χ1n) is 10.6. The molecule has 7 heteroatoms. The van der Waals surface area contributed by atoms with Gasteiger partial charge in [-0.05, 0) is 47.6 Å². The molecule has 1 aromatic carbocycles. The number of benzene rings is 1. The first-order valence-corrected chi connectivity index (χ1v) is 12.0. The Labute approximate surface area is 176 Å². The molecule has 2 amide bonds. The zero-order valence-electron chi connectivity index (χ0n) is 19.0. The van der Waals surface area contributed by atoms with E-state index < -0.39 is 16.2 Å². The number of nitrogens with zero attached hydrogens (tertiary/aromatic N) is 1. The molecule has 0 radical (unpaired) electrons. The summed E-state index contributed by atoms with van der Waals surface area (Å²) in [6, 6.07) is 3.39. The van der Waals surface area contributed by atoms with E-state index in [0.717, 1.165) is 16.7 Å². The molecule has 29 heavy (non-hydrogen) atoms. The largest absolute Gasteiger partial charge is 0.333 e. The fourth-order valence-electron chi connectivity index (χ4n) is 4.03. The van der Waals surface area contributed by atoms with Crippen LogP contribution in [-0.2, 0) is 10.2 Å². The molecule has 0 saturated carbocycles. The second-order valence-electron chi connectivity index (χ2n) is 9.32. The highest BCUT2D eigenvalue weighted by Gasteiger charge is 2.35. The molecule has 0 aromatic heterocycles. The van der Waals surface area contributed by atoms with E-state index in [4.69, 9.17) is 0 Å². The van der Waals surface area contributed by atoms with Crippen LogP contribution in [0.4, 0.5) is 10.5 Å². The van der Waals surface area contributed by atoms with Crippen LogP contribution in [0.15, 0.2) is 12.1 Å². The van der Waals surface area contributed by atoms with Gasteiger partial charge < -0.3 is 5.32 Å². The van der Waals surface area contributed by atoms with E-state index >= 15 is 0 Å². The van der Waals surface area contributed by atoms with Gasteiger partial charge in [-0.15, -0.1) is 0 Å². The zero-order valence-corrected chi connectivity index (χ0v) is 19.9. The van der Waals surface area contributed by atoms with Crippen LogP contribution >= 0.6 is 0 Å². The molecular formula is C22H37N3O3S. The van der Waals surface area contributed by atoms with Gasteiger partial charge in [-0.25, -0.2) is 9.52 Å². The summed E-state index contributed by atoms with van der Waals surface area (Å²) >= 11 is 0. The molecule has 2 rings (SSSR count). The van der Waals surface area contributed by atoms with E-state index in [1.807, 2.05) is 6.92 Å². The highest BCUT2D eigenvalue weighted by molar-refractivity contribution is 7.87. The maximum absolute atomic E-state index is 12.8.